The molecule has 0 saturated carbocycles. The minimum atomic E-state index is -0.274. The highest BCUT2D eigenvalue weighted by Crippen LogP contribution is 2.30. The minimum Gasteiger partial charge on any atom is -0.490 e. The fourth-order valence-electron chi connectivity index (χ4n) is 3.13. The number of para-hydroxylation sites is 1. The van der Waals surface area contributed by atoms with Crippen LogP contribution in [0.2, 0.25) is 0 Å². The average molecular weight is 454 g/mol. The third-order valence-electron chi connectivity index (χ3n) is 4.50. The van der Waals surface area contributed by atoms with Gasteiger partial charge in [-0.3, -0.25) is 14.5 Å². The lowest BCUT2D eigenvalue weighted by atomic mass is 10.1. The number of carbonyl (C=O) groups excluding carboxylic acids is 2. The molecule has 1 aliphatic rings. The summed E-state index contributed by atoms with van der Waals surface area (Å²) in [5.41, 5.74) is 1.86. The average Bonchev–Trinajstić information content (AvgIpc) is 3.01. The molecule has 1 heterocycles. The lowest BCUT2D eigenvalue weighted by Gasteiger charge is -2.16. The lowest BCUT2D eigenvalue weighted by Crippen LogP contribution is -2.33. The molecule has 7 nitrogen and oxygen atoms in total. The van der Waals surface area contributed by atoms with E-state index in [-0.39, 0.29) is 18.4 Å². The van der Waals surface area contributed by atoms with E-state index in [4.69, 9.17) is 21.7 Å². The Morgan fingerprint density at radius 1 is 1.16 bits per heavy atom. The number of hydrogen-bond acceptors (Lipinski definition) is 5. The molecule has 0 bridgehead atoms. The zero-order valence-electron chi connectivity index (χ0n) is 18.4. The van der Waals surface area contributed by atoms with Gasteiger partial charge in [0.25, 0.3) is 11.8 Å². The van der Waals surface area contributed by atoms with Crippen molar-refractivity contribution in [3.8, 4) is 11.5 Å². The van der Waals surface area contributed by atoms with Crippen LogP contribution in [0.1, 0.15) is 26.3 Å². The fraction of sp³-hybridized carbons (Fsp3) is 0.292. The fourth-order valence-corrected chi connectivity index (χ4v) is 3.40. The SMILES string of the molecule is CCOc1cc(/C=C2/NC(=S)N(CC(C)C)C2=O)ccc1OCC(=O)Nc1ccccc1. The van der Waals surface area contributed by atoms with E-state index in [0.29, 0.717) is 47.1 Å². The second kappa shape index (κ2) is 10.8. The Morgan fingerprint density at radius 2 is 1.91 bits per heavy atom. The van der Waals surface area contributed by atoms with Gasteiger partial charge in [0.05, 0.1) is 6.61 Å². The number of carbonyl (C=O) groups is 2. The molecule has 168 valence electrons. The maximum atomic E-state index is 12.7. The van der Waals surface area contributed by atoms with Gasteiger partial charge in [0.2, 0.25) is 0 Å². The summed E-state index contributed by atoms with van der Waals surface area (Å²) in [6.45, 7) is 6.75. The number of anilines is 1. The minimum absolute atomic E-state index is 0.153. The Kier molecular flexibility index (Phi) is 7.83. The molecule has 32 heavy (non-hydrogen) atoms. The molecule has 2 amide bonds. The van der Waals surface area contributed by atoms with Gasteiger partial charge in [-0.05, 0) is 61.0 Å². The van der Waals surface area contributed by atoms with E-state index < -0.39 is 0 Å². The summed E-state index contributed by atoms with van der Waals surface area (Å²) in [6, 6.07) is 14.5. The van der Waals surface area contributed by atoms with Crippen molar-refractivity contribution in [3.63, 3.8) is 0 Å². The van der Waals surface area contributed by atoms with Crippen molar-refractivity contribution < 1.29 is 19.1 Å². The van der Waals surface area contributed by atoms with Crippen LogP contribution in [0.3, 0.4) is 0 Å². The number of rotatable bonds is 9. The monoisotopic (exact) mass is 453 g/mol. The van der Waals surface area contributed by atoms with Crippen molar-refractivity contribution >= 4 is 40.9 Å². The van der Waals surface area contributed by atoms with Crippen LogP contribution in [0.15, 0.2) is 54.2 Å². The number of hydrogen-bond donors (Lipinski definition) is 2. The zero-order chi connectivity index (χ0) is 23.1. The Morgan fingerprint density at radius 3 is 2.59 bits per heavy atom. The van der Waals surface area contributed by atoms with Crippen LogP contribution in [-0.4, -0.2) is 41.6 Å². The highest BCUT2D eigenvalue weighted by atomic mass is 32.1. The molecule has 1 saturated heterocycles. The highest BCUT2D eigenvalue weighted by molar-refractivity contribution is 7.80. The van der Waals surface area contributed by atoms with Crippen molar-refractivity contribution in [2.24, 2.45) is 5.92 Å². The second-order valence-corrected chi connectivity index (χ2v) is 8.03. The van der Waals surface area contributed by atoms with Crippen LogP contribution in [0.25, 0.3) is 6.08 Å². The van der Waals surface area contributed by atoms with E-state index in [1.807, 2.05) is 39.0 Å². The molecule has 0 unspecified atom stereocenters. The summed E-state index contributed by atoms with van der Waals surface area (Å²) in [6.07, 6.45) is 1.73. The van der Waals surface area contributed by atoms with Gasteiger partial charge in [0, 0.05) is 12.2 Å². The van der Waals surface area contributed by atoms with Gasteiger partial charge in [0.1, 0.15) is 5.70 Å². The largest absolute Gasteiger partial charge is 0.490 e. The predicted molar refractivity (Wildman–Crippen MR) is 128 cm³/mol. The van der Waals surface area contributed by atoms with Gasteiger partial charge >= 0.3 is 0 Å². The molecule has 0 spiro atoms. The summed E-state index contributed by atoms with van der Waals surface area (Å²) >= 11 is 5.29. The van der Waals surface area contributed by atoms with Gasteiger partial charge in [-0.1, -0.05) is 38.1 Å². The number of ether oxygens (including phenoxy) is 2. The van der Waals surface area contributed by atoms with Gasteiger partial charge < -0.3 is 20.1 Å². The Balaban J connectivity index is 1.70. The van der Waals surface area contributed by atoms with Crippen LogP contribution in [0, 0.1) is 5.92 Å². The first-order chi connectivity index (χ1) is 15.4. The van der Waals surface area contributed by atoms with Crippen molar-refractivity contribution in [1.82, 2.24) is 10.2 Å². The molecule has 2 aromatic carbocycles. The normalized spacial score (nSPS) is 14.6. The Bertz CT molecular complexity index is 1020. The van der Waals surface area contributed by atoms with Gasteiger partial charge in [-0.25, -0.2) is 0 Å². The van der Waals surface area contributed by atoms with Gasteiger partial charge in [-0.15, -0.1) is 0 Å². The van der Waals surface area contributed by atoms with Crippen LogP contribution in [0.4, 0.5) is 5.69 Å². The predicted octanol–water partition coefficient (Wildman–Crippen LogP) is 3.82. The number of thiocarbonyl (C=S) groups is 1. The molecule has 8 heteroatoms. The first-order valence-electron chi connectivity index (χ1n) is 10.5. The van der Waals surface area contributed by atoms with E-state index in [2.05, 4.69) is 10.6 Å². The van der Waals surface area contributed by atoms with Crippen molar-refractivity contribution in [2.45, 2.75) is 20.8 Å². The first-order valence-corrected chi connectivity index (χ1v) is 10.9. The zero-order valence-corrected chi connectivity index (χ0v) is 19.2. The molecule has 2 aromatic rings. The summed E-state index contributed by atoms with van der Waals surface area (Å²) in [7, 11) is 0. The van der Waals surface area contributed by atoms with Crippen molar-refractivity contribution in [2.75, 3.05) is 25.1 Å². The molecule has 0 aromatic heterocycles. The summed E-state index contributed by atoms with van der Waals surface area (Å²) in [5.74, 6) is 0.809. The molecular formula is C24H27N3O4S. The molecule has 0 atom stereocenters. The number of benzene rings is 2. The molecule has 3 rings (SSSR count). The summed E-state index contributed by atoms with van der Waals surface area (Å²) < 4.78 is 11.4. The van der Waals surface area contributed by atoms with E-state index in [1.165, 1.54) is 0 Å². The Hall–Kier alpha value is -3.39. The number of nitrogens with zero attached hydrogens (tertiary/aromatic N) is 1. The van der Waals surface area contributed by atoms with E-state index in [9.17, 15) is 9.59 Å². The maximum absolute atomic E-state index is 12.7. The molecule has 2 N–H and O–H groups in total. The van der Waals surface area contributed by atoms with E-state index in [1.54, 1.807) is 41.3 Å². The quantitative estimate of drug-likeness (QED) is 0.444. The van der Waals surface area contributed by atoms with Crippen LogP contribution < -0.4 is 20.1 Å². The Labute approximate surface area is 193 Å². The van der Waals surface area contributed by atoms with Crippen LogP contribution in [0.5, 0.6) is 11.5 Å². The summed E-state index contributed by atoms with van der Waals surface area (Å²) in [5, 5.41) is 6.16. The van der Waals surface area contributed by atoms with E-state index >= 15 is 0 Å². The van der Waals surface area contributed by atoms with Gasteiger partial charge in [-0.2, -0.15) is 0 Å². The van der Waals surface area contributed by atoms with Crippen LogP contribution in [-0.2, 0) is 9.59 Å². The molecule has 1 aliphatic heterocycles. The molecule has 0 aliphatic carbocycles. The maximum Gasteiger partial charge on any atom is 0.276 e. The smallest absolute Gasteiger partial charge is 0.276 e. The third-order valence-corrected chi connectivity index (χ3v) is 4.83. The first kappa shape index (κ1) is 23.3. The lowest BCUT2D eigenvalue weighted by molar-refractivity contribution is -0.122. The second-order valence-electron chi connectivity index (χ2n) is 7.64. The van der Waals surface area contributed by atoms with Crippen molar-refractivity contribution in [3.05, 3.63) is 59.8 Å². The topological polar surface area (TPSA) is 79.9 Å². The molecule has 0 radical (unpaired) electrons. The molecular weight excluding hydrogens is 426 g/mol. The van der Waals surface area contributed by atoms with Crippen molar-refractivity contribution in [1.29, 1.82) is 0 Å². The number of amides is 2. The third kappa shape index (κ3) is 6.07. The molecule has 1 fully saturated rings. The van der Waals surface area contributed by atoms with Crippen LogP contribution >= 0.6 is 12.2 Å². The highest BCUT2D eigenvalue weighted by Gasteiger charge is 2.30. The standard InChI is InChI=1S/C24H27N3O4S/c1-4-30-21-13-17(12-19-23(29)27(14-16(2)3)24(32)26-19)10-11-20(21)31-15-22(28)25-18-8-6-5-7-9-18/h5-13,16H,4,14-15H2,1-3H3,(H,25,28)(H,26,32)/b19-12+. The number of nitrogens with one attached hydrogen (secondary N) is 2. The van der Waals surface area contributed by atoms with Gasteiger partial charge in [0.15, 0.2) is 23.2 Å². The van der Waals surface area contributed by atoms with E-state index in [0.717, 1.165) is 5.56 Å². The summed E-state index contributed by atoms with van der Waals surface area (Å²) in [4.78, 5) is 26.4.